The number of carbonyl (C=O) groups is 1. The van der Waals surface area contributed by atoms with Gasteiger partial charge in [-0.15, -0.1) is 0 Å². The Balaban J connectivity index is 1.45. The van der Waals surface area contributed by atoms with E-state index in [0.717, 1.165) is 42.1 Å². The standard InChI is InChI=1S/C21H24N2O3/c1-15-5-2-3-6-17(15)22-21(24)14-23-10-4-7-18(23)16-8-9-19-20(13-16)26-12-11-25-19/h2-3,5-6,8-9,13,18H,4,7,10-12,14H2,1H3,(H,22,24)/p+1/t18-/m0/s1. The molecule has 26 heavy (non-hydrogen) atoms. The van der Waals surface area contributed by atoms with Crippen molar-refractivity contribution >= 4 is 11.6 Å². The number of fused-ring (bicyclic) bond motifs is 1. The van der Waals surface area contributed by atoms with Gasteiger partial charge in [0.25, 0.3) is 5.91 Å². The van der Waals surface area contributed by atoms with E-state index in [9.17, 15) is 4.79 Å². The second kappa shape index (κ2) is 7.38. The summed E-state index contributed by atoms with van der Waals surface area (Å²) in [4.78, 5) is 13.9. The summed E-state index contributed by atoms with van der Waals surface area (Å²) in [6.45, 7) is 4.70. The van der Waals surface area contributed by atoms with Gasteiger partial charge in [-0.3, -0.25) is 4.79 Å². The molecule has 4 rings (SSSR count). The van der Waals surface area contributed by atoms with Crippen LogP contribution >= 0.6 is 0 Å². The summed E-state index contributed by atoms with van der Waals surface area (Å²) in [6.07, 6.45) is 2.22. The third-order valence-corrected chi connectivity index (χ3v) is 5.26. The summed E-state index contributed by atoms with van der Waals surface area (Å²) < 4.78 is 11.3. The first kappa shape index (κ1) is 16.9. The molecule has 2 aromatic carbocycles. The number of ether oxygens (including phenoxy) is 2. The zero-order valence-electron chi connectivity index (χ0n) is 15.1. The summed E-state index contributed by atoms with van der Waals surface area (Å²) in [5.74, 6) is 1.71. The Bertz CT molecular complexity index is 806. The molecule has 0 saturated carbocycles. The van der Waals surface area contributed by atoms with E-state index in [1.54, 1.807) is 0 Å². The Morgan fingerprint density at radius 1 is 1.15 bits per heavy atom. The van der Waals surface area contributed by atoms with Crippen LogP contribution in [0, 0.1) is 6.92 Å². The Kier molecular flexibility index (Phi) is 4.80. The van der Waals surface area contributed by atoms with Gasteiger partial charge in [-0.1, -0.05) is 18.2 Å². The lowest BCUT2D eigenvalue weighted by atomic mass is 10.0. The van der Waals surface area contributed by atoms with Crippen LogP contribution in [-0.4, -0.2) is 32.2 Å². The molecule has 2 atom stereocenters. The number of hydrogen-bond acceptors (Lipinski definition) is 3. The highest BCUT2D eigenvalue weighted by atomic mass is 16.6. The van der Waals surface area contributed by atoms with E-state index in [4.69, 9.17) is 9.47 Å². The number of hydrogen-bond donors (Lipinski definition) is 2. The zero-order chi connectivity index (χ0) is 17.9. The summed E-state index contributed by atoms with van der Waals surface area (Å²) >= 11 is 0. The third-order valence-electron chi connectivity index (χ3n) is 5.26. The molecule has 2 heterocycles. The SMILES string of the molecule is Cc1ccccc1NC(=O)C[NH+]1CCC[C@H]1c1ccc2c(c1)OCCO2. The van der Waals surface area contributed by atoms with Gasteiger partial charge in [-0.05, 0) is 36.8 Å². The lowest BCUT2D eigenvalue weighted by Gasteiger charge is -2.24. The highest BCUT2D eigenvalue weighted by Crippen LogP contribution is 2.33. The molecule has 0 aliphatic carbocycles. The monoisotopic (exact) mass is 353 g/mol. The molecule has 2 aliphatic heterocycles. The molecule has 0 spiro atoms. The fourth-order valence-electron chi connectivity index (χ4n) is 3.92. The van der Waals surface area contributed by atoms with Crippen LogP contribution in [0.2, 0.25) is 0 Å². The van der Waals surface area contributed by atoms with E-state index in [2.05, 4.69) is 17.4 Å². The van der Waals surface area contributed by atoms with Gasteiger partial charge in [0.1, 0.15) is 19.3 Å². The normalized spacial score (nSPS) is 21.4. The van der Waals surface area contributed by atoms with Crippen molar-refractivity contribution < 1.29 is 19.2 Å². The smallest absolute Gasteiger partial charge is 0.279 e. The average Bonchev–Trinajstić information content (AvgIpc) is 3.11. The van der Waals surface area contributed by atoms with E-state index < -0.39 is 0 Å². The lowest BCUT2D eigenvalue weighted by Crippen LogP contribution is -3.11. The zero-order valence-corrected chi connectivity index (χ0v) is 15.1. The fourth-order valence-corrected chi connectivity index (χ4v) is 3.92. The number of rotatable bonds is 4. The lowest BCUT2D eigenvalue weighted by molar-refractivity contribution is -0.910. The van der Waals surface area contributed by atoms with Crippen LogP contribution in [-0.2, 0) is 4.79 Å². The van der Waals surface area contributed by atoms with Crippen molar-refractivity contribution in [2.75, 3.05) is 31.6 Å². The highest BCUT2D eigenvalue weighted by molar-refractivity contribution is 5.92. The Labute approximate surface area is 153 Å². The second-order valence-corrected chi connectivity index (χ2v) is 7.05. The quantitative estimate of drug-likeness (QED) is 0.885. The van der Waals surface area contributed by atoms with Gasteiger partial charge in [0.2, 0.25) is 0 Å². The second-order valence-electron chi connectivity index (χ2n) is 7.05. The summed E-state index contributed by atoms with van der Waals surface area (Å²) in [6, 6.07) is 14.4. The minimum Gasteiger partial charge on any atom is -0.486 e. The van der Waals surface area contributed by atoms with Crippen molar-refractivity contribution in [3.8, 4) is 11.5 Å². The summed E-state index contributed by atoms with van der Waals surface area (Å²) in [7, 11) is 0. The Morgan fingerprint density at radius 3 is 2.81 bits per heavy atom. The van der Waals surface area contributed by atoms with Crippen LogP contribution in [0.15, 0.2) is 42.5 Å². The van der Waals surface area contributed by atoms with E-state index >= 15 is 0 Å². The predicted molar refractivity (Wildman–Crippen MR) is 99.9 cm³/mol. The molecule has 2 N–H and O–H groups in total. The topological polar surface area (TPSA) is 52.0 Å². The number of nitrogens with one attached hydrogen (secondary N) is 2. The average molecular weight is 353 g/mol. The Morgan fingerprint density at radius 2 is 1.96 bits per heavy atom. The highest BCUT2D eigenvalue weighted by Gasteiger charge is 2.32. The van der Waals surface area contributed by atoms with Gasteiger partial charge >= 0.3 is 0 Å². The first-order valence-corrected chi connectivity index (χ1v) is 9.30. The third kappa shape index (κ3) is 3.53. The van der Waals surface area contributed by atoms with Crippen LogP contribution in [0.25, 0.3) is 0 Å². The van der Waals surface area contributed by atoms with Gasteiger partial charge < -0.3 is 19.7 Å². The Hall–Kier alpha value is -2.53. The number of benzene rings is 2. The summed E-state index contributed by atoms with van der Waals surface area (Å²) in [5.41, 5.74) is 3.21. The van der Waals surface area contributed by atoms with Gasteiger partial charge in [0.15, 0.2) is 18.0 Å². The van der Waals surface area contributed by atoms with Crippen LogP contribution in [0.3, 0.4) is 0 Å². The molecule has 0 radical (unpaired) electrons. The van der Waals surface area contributed by atoms with Gasteiger partial charge in [0, 0.05) is 24.1 Å². The van der Waals surface area contributed by atoms with E-state index in [1.807, 2.05) is 37.3 Å². The minimum absolute atomic E-state index is 0.0683. The predicted octanol–water partition coefficient (Wildman–Crippen LogP) is 2.12. The number of amides is 1. The fraction of sp³-hybridized carbons (Fsp3) is 0.381. The molecule has 1 saturated heterocycles. The maximum absolute atomic E-state index is 12.6. The number of para-hydroxylation sites is 1. The molecular formula is C21H25N2O3+. The maximum atomic E-state index is 12.6. The van der Waals surface area contributed by atoms with Crippen molar-refractivity contribution in [1.29, 1.82) is 0 Å². The van der Waals surface area contributed by atoms with Gasteiger partial charge in [-0.2, -0.15) is 0 Å². The molecule has 0 aromatic heterocycles. The first-order valence-electron chi connectivity index (χ1n) is 9.30. The van der Waals surface area contributed by atoms with Gasteiger partial charge in [0.05, 0.1) is 6.54 Å². The van der Waals surface area contributed by atoms with Gasteiger partial charge in [-0.25, -0.2) is 0 Å². The van der Waals surface area contributed by atoms with Crippen LogP contribution < -0.4 is 19.7 Å². The van der Waals surface area contributed by atoms with E-state index in [0.29, 0.717) is 25.8 Å². The number of quaternary nitrogens is 1. The number of likely N-dealkylation sites (tertiary alicyclic amines) is 1. The van der Waals surface area contributed by atoms with Crippen molar-refractivity contribution in [1.82, 2.24) is 0 Å². The number of aryl methyl sites for hydroxylation is 1. The number of anilines is 1. The summed E-state index contributed by atoms with van der Waals surface area (Å²) in [5, 5.41) is 3.05. The number of carbonyl (C=O) groups excluding carboxylic acids is 1. The molecule has 2 aromatic rings. The van der Waals surface area contributed by atoms with E-state index in [-0.39, 0.29) is 5.91 Å². The largest absolute Gasteiger partial charge is 0.486 e. The molecule has 5 nitrogen and oxygen atoms in total. The minimum atomic E-state index is 0.0683. The molecule has 136 valence electrons. The molecule has 2 aliphatic rings. The molecule has 1 unspecified atom stereocenters. The first-order chi connectivity index (χ1) is 12.7. The van der Waals surface area contributed by atoms with Crippen LogP contribution in [0.4, 0.5) is 5.69 Å². The molecule has 1 fully saturated rings. The van der Waals surface area contributed by atoms with Crippen molar-refractivity contribution in [3.05, 3.63) is 53.6 Å². The molecule has 1 amide bonds. The van der Waals surface area contributed by atoms with Crippen molar-refractivity contribution in [2.24, 2.45) is 0 Å². The molecule has 0 bridgehead atoms. The van der Waals surface area contributed by atoms with Crippen molar-refractivity contribution in [2.45, 2.75) is 25.8 Å². The molecular weight excluding hydrogens is 328 g/mol. The van der Waals surface area contributed by atoms with Crippen molar-refractivity contribution in [3.63, 3.8) is 0 Å². The molecule has 5 heteroatoms. The maximum Gasteiger partial charge on any atom is 0.279 e. The van der Waals surface area contributed by atoms with E-state index in [1.165, 1.54) is 10.5 Å². The van der Waals surface area contributed by atoms with Crippen LogP contribution in [0.5, 0.6) is 11.5 Å². The van der Waals surface area contributed by atoms with Crippen LogP contribution in [0.1, 0.15) is 30.0 Å².